The zero-order chi connectivity index (χ0) is 20.0. The Kier molecular flexibility index (Phi) is 4.26. The van der Waals surface area contributed by atoms with Gasteiger partial charge in [-0.25, -0.2) is 9.48 Å². The summed E-state index contributed by atoms with van der Waals surface area (Å²) in [5.74, 6) is -1.19. The topological polar surface area (TPSA) is 93.3 Å². The van der Waals surface area contributed by atoms with E-state index in [4.69, 9.17) is 0 Å². The minimum Gasteiger partial charge on any atom is -0.476 e. The van der Waals surface area contributed by atoms with E-state index in [0.29, 0.717) is 24.1 Å². The lowest BCUT2D eigenvalue weighted by atomic mass is 10.0. The van der Waals surface area contributed by atoms with Crippen LogP contribution in [0.4, 0.5) is 0 Å². The second kappa shape index (κ2) is 6.63. The maximum atomic E-state index is 12.9. The van der Waals surface area contributed by atoms with Crippen molar-refractivity contribution in [2.75, 3.05) is 6.54 Å². The standard InChI is InChI=1S/C20H21N5O3/c1-12-10-13(2)25(21-12)15-6-4-14(5-7-15)19(26)24-9-8-17-16(11-24)18(20(27)28)22-23(17)3/h4-7,10H,8-9,11H2,1-3H3,(H,27,28). The highest BCUT2D eigenvalue weighted by Gasteiger charge is 2.29. The number of carbonyl (C=O) groups excluding carboxylic acids is 1. The lowest BCUT2D eigenvalue weighted by Crippen LogP contribution is -2.36. The first-order chi connectivity index (χ1) is 13.3. The van der Waals surface area contributed by atoms with Crippen LogP contribution in [0, 0.1) is 13.8 Å². The molecule has 4 rings (SSSR count). The largest absolute Gasteiger partial charge is 0.476 e. The fourth-order valence-corrected chi connectivity index (χ4v) is 3.76. The molecule has 1 amide bonds. The summed E-state index contributed by atoms with van der Waals surface area (Å²) >= 11 is 0. The molecule has 0 atom stereocenters. The van der Waals surface area contributed by atoms with Crippen LogP contribution in [0.3, 0.4) is 0 Å². The lowest BCUT2D eigenvalue weighted by Gasteiger charge is -2.27. The van der Waals surface area contributed by atoms with Gasteiger partial charge in [-0.3, -0.25) is 9.48 Å². The molecule has 0 fully saturated rings. The molecule has 3 heterocycles. The van der Waals surface area contributed by atoms with E-state index >= 15 is 0 Å². The number of rotatable bonds is 3. The minimum atomic E-state index is -1.07. The lowest BCUT2D eigenvalue weighted by molar-refractivity contribution is 0.0674. The summed E-state index contributed by atoms with van der Waals surface area (Å²) in [5, 5.41) is 17.9. The summed E-state index contributed by atoms with van der Waals surface area (Å²) in [4.78, 5) is 26.1. The van der Waals surface area contributed by atoms with Crippen LogP contribution in [0.5, 0.6) is 0 Å². The maximum Gasteiger partial charge on any atom is 0.356 e. The molecule has 0 spiro atoms. The molecule has 3 aromatic rings. The van der Waals surface area contributed by atoms with E-state index in [2.05, 4.69) is 10.2 Å². The predicted octanol–water partition coefficient (Wildman–Crippen LogP) is 2.12. The summed E-state index contributed by atoms with van der Waals surface area (Å²) in [6.45, 7) is 4.71. The molecule has 1 N–H and O–H groups in total. The summed E-state index contributed by atoms with van der Waals surface area (Å²) in [6, 6.07) is 9.30. The molecular formula is C20H21N5O3. The van der Waals surface area contributed by atoms with Gasteiger partial charge < -0.3 is 10.0 Å². The third kappa shape index (κ3) is 2.96. The fourth-order valence-electron chi connectivity index (χ4n) is 3.76. The van der Waals surface area contributed by atoms with Crippen LogP contribution in [0.25, 0.3) is 5.69 Å². The van der Waals surface area contributed by atoms with Crippen molar-refractivity contribution in [3.63, 3.8) is 0 Å². The van der Waals surface area contributed by atoms with Gasteiger partial charge in [0.15, 0.2) is 5.69 Å². The van der Waals surface area contributed by atoms with E-state index in [0.717, 1.165) is 22.8 Å². The smallest absolute Gasteiger partial charge is 0.356 e. The number of carboxylic acid groups (broad SMARTS) is 1. The molecule has 1 aliphatic rings. The van der Waals surface area contributed by atoms with Gasteiger partial charge in [-0.15, -0.1) is 0 Å². The molecule has 0 saturated carbocycles. The Balaban J connectivity index is 1.57. The normalized spacial score (nSPS) is 13.5. The molecule has 0 bridgehead atoms. The van der Waals surface area contributed by atoms with Crippen molar-refractivity contribution >= 4 is 11.9 Å². The first kappa shape index (κ1) is 18.0. The predicted molar refractivity (Wildman–Crippen MR) is 102 cm³/mol. The number of carbonyl (C=O) groups is 2. The summed E-state index contributed by atoms with van der Waals surface area (Å²) in [7, 11) is 1.74. The SMILES string of the molecule is Cc1cc(C)n(-c2ccc(C(=O)N3CCc4c(c(C(=O)O)nn4C)C3)cc2)n1. The van der Waals surface area contributed by atoms with Crippen molar-refractivity contribution in [1.82, 2.24) is 24.5 Å². The Morgan fingerprint density at radius 3 is 2.43 bits per heavy atom. The number of hydrogen-bond donors (Lipinski definition) is 1. The zero-order valence-electron chi connectivity index (χ0n) is 16.0. The van der Waals surface area contributed by atoms with Crippen LogP contribution < -0.4 is 0 Å². The number of aromatic carboxylic acids is 1. The van der Waals surface area contributed by atoms with Crippen LogP contribution >= 0.6 is 0 Å². The van der Waals surface area contributed by atoms with E-state index in [9.17, 15) is 14.7 Å². The van der Waals surface area contributed by atoms with Gasteiger partial charge in [0.25, 0.3) is 5.91 Å². The molecule has 8 nitrogen and oxygen atoms in total. The Hall–Kier alpha value is -3.42. The quantitative estimate of drug-likeness (QED) is 0.752. The fraction of sp³-hybridized carbons (Fsp3) is 0.300. The first-order valence-corrected chi connectivity index (χ1v) is 9.06. The minimum absolute atomic E-state index is 0.0230. The van der Waals surface area contributed by atoms with Crippen molar-refractivity contribution in [3.8, 4) is 5.69 Å². The average molecular weight is 379 g/mol. The first-order valence-electron chi connectivity index (χ1n) is 9.06. The van der Waals surface area contributed by atoms with Gasteiger partial charge in [0.1, 0.15) is 0 Å². The highest BCUT2D eigenvalue weighted by molar-refractivity contribution is 5.95. The van der Waals surface area contributed by atoms with Crippen molar-refractivity contribution in [3.05, 3.63) is 64.2 Å². The monoisotopic (exact) mass is 379 g/mol. The molecule has 144 valence electrons. The number of amides is 1. The van der Waals surface area contributed by atoms with Crippen LogP contribution in [-0.4, -0.2) is 48.0 Å². The Morgan fingerprint density at radius 2 is 1.82 bits per heavy atom. The molecule has 2 aromatic heterocycles. The molecule has 1 aromatic carbocycles. The van der Waals surface area contributed by atoms with Crippen LogP contribution in [0.1, 0.15) is 43.5 Å². The van der Waals surface area contributed by atoms with Gasteiger partial charge >= 0.3 is 5.97 Å². The second-order valence-corrected chi connectivity index (χ2v) is 7.07. The van der Waals surface area contributed by atoms with Crippen molar-refractivity contribution in [1.29, 1.82) is 0 Å². The third-order valence-electron chi connectivity index (χ3n) is 5.10. The number of fused-ring (bicyclic) bond motifs is 1. The summed E-state index contributed by atoms with van der Waals surface area (Å²) in [5.41, 5.74) is 4.94. The van der Waals surface area contributed by atoms with Gasteiger partial charge in [-0.1, -0.05) is 0 Å². The van der Waals surface area contributed by atoms with Crippen molar-refractivity contribution in [2.24, 2.45) is 7.05 Å². The maximum absolute atomic E-state index is 12.9. The van der Waals surface area contributed by atoms with Gasteiger partial charge in [-0.05, 0) is 44.2 Å². The number of nitrogens with zero attached hydrogens (tertiary/aromatic N) is 5. The number of hydrogen-bond acceptors (Lipinski definition) is 4. The molecule has 28 heavy (non-hydrogen) atoms. The molecule has 0 radical (unpaired) electrons. The van der Waals surface area contributed by atoms with E-state index in [1.165, 1.54) is 0 Å². The zero-order valence-corrected chi connectivity index (χ0v) is 16.0. The van der Waals surface area contributed by atoms with Crippen LogP contribution in [0.15, 0.2) is 30.3 Å². The number of benzene rings is 1. The van der Waals surface area contributed by atoms with Crippen molar-refractivity contribution in [2.45, 2.75) is 26.8 Å². The third-order valence-corrected chi connectivity index (χ3v) is 5.10. The summed E-state index contributed by atoms with van der Waals surface area (Å²) < 4.78 is 3.44. The molecule has 0 aliphatic carbocycles. The van der Waals surface area contributed by atoms with E-state index in [1.54, 1.807) is 28.8 Å². The van der Waals surface area contributed by atoms with Crippen molar-refractivity contribution < 1.29 is 14.7 Å². The van der Waals surface area contributed by atoms with Gasteiger partial charge in [-0.2, -0.15) is 10.2 Å². The highest BCUT2D eigenvalue weighted by Crippen LogP contribution is 2.24. The van der Waals surface area contributed by atoms with Crippen LogP contribution in [0.2, 0.25) is 0 Å². The molecule has 1 aliphatic heterocycles. The number of aromatic nitrogens is 4. The molecular weight excluding hydrogens is 358 g/mol. The Bertz CT molecular complexity index is 1080. The molecule has 0 unspecified atom stereocenters. The molecule has 0 saturated heterocycles. The second-order valence-electron chi connectivity index (χ2n) is 7.07. The average Bonchev–Trinajstić information content (AvgIpc) is 3.20. The van der Waals surface area contributed by atoms with Crippen LogP contribution in [-0.2, 0) is 20.0 Å². The van der Waals surface area contributed by atoms with Gasteiger partial charge in [0, 0.05) is 42.5 Å². The molecule has 8 heteroatoms. The van der Waals surface area contributed by atoms with Gasteiger partial charge in [0.2, 0.25) is 0 Å². The van der Waals surface area contributed by atoms with E-state index in [-0.39, 0.29) is 18.1 Å². The van der Waals surface area contributed by atoms with E-state index in [1.807, 2.05) is 36.7 Å². The number of aryl methyl sites for hydroxylation is 3. The number of carboxylic acids is 1. The van der Waals surface area contributed by atoms with Gasteiger partial charge in [0.05, 0.1) is 17.9 Å². The summed E-state index contributed by atoms with van der Waals surface area (Å²) in [6.07, 6.45) is 0.585. The van der Waals surface area contributed by atoms with E-state index < -0.39 is 5.97 Å². The highest BCUT2D eigenvalue weighted by atomic mass is 16.4. The Labute approximate surface area is 162 Å². The Morgan fingerprint density at radius 1 is 1.11 bits per heavy atom.